The highest BCUT2D eigenvalue weighted by molar-refractivity contribution is 6.05. The van der Waals surface area contributed by atoms with Gasteiger partial charge in [0.1, 0.15) is 35.4 Å². The van der Waals surface area contributed by atoms with Crippen molar-refractivity contribution in [3.05, 3.63) is 90.3 Å². The normalized spacial score (nSPS) is 22.7. The fraction of sp³-hybridized carbons (Fsp3) is 0.460. The number of aromatic nitrogens is 4. The molecule has 67 heavy (non-hydrogen) atoms. The number of nitrogens with one attached hydrogen (secondary N) is 1. The Labute approximate surface area is 389 Å². The van der Waals surface area contributed by atoms with E-state index in [1.165, 1.54) is 6.33 Å². The van der Waals surface area contributed by atoms with Crippen LogP contribution in [-0.4, -0.2) is 152 Å². The molecule has 0 bridgehead atoms. The van der Waals surface area contributed by atoms with Gasteiger partial charge in [-0.3, -0.25) is 29.5 Å². The number of para-hydroxylation sites is 1. The fourth-order valence-electron chi connectivity index (χ4n) is 11.4. The van der Waals surface area contributed by atoms with Gasteiger partial charge in [-0.2, -0.15) is 5.10 Å². The molecule has 2 atom stereocenters. The van der Waals surface area contributed by atoms with Crippen LogP contribution >= 0.6 is 0 Å². The molecule has 6 aliphatic heterocycles. The monoisotopic (exact) mass is 906 g/mol. The molecule has 3 N–H and O–H groups in total. The number of likely N-dealkylation sites (tertiary alicyclic amines) is 3. The molecule has 6 aliphatic rings. The van der Waals surface area contributed by atoms with Crippen molar-refractivity contribution in [1.82, 2.24) is 49.6 Å². The molecule has 8 heterocycles. The minimum absolute atomic E-state index is 0.134. The molecule has 0 radical (unpaired) electrons. The van der Waals surface area contributed by atoms with Crippen LogP contribution in [0.4, 0.5) is 16.3 Å². The van der Waals surface area contributed by atoms with Gasteiger partial charge in [-0.25, -0.2) is 19.4 Å². The molecule has 1 unspecified atom stereocenters. The van der Waals surface area contributed by atoms with Gasteiger partial charge in [0, 0.05) is 101 Å². The van der Waals surface area contributed by atoms with E-state index in [0.29, 0.717) is 36.4 Å². The quantitative estimate of drug-likeness (QED) is 0.197. The van der Waals surface area contributed by atoms with Crippen molar-refractivity contribution in [2.45, 2.75) is 82.1 Å². The highest BCUT2D eigenvalue weighted by Crippen LogP contribution is 2.37. The molecule has 5 aromatic rings. The molecule has 17 heteroatoms. The van der Waals surface area contributed by atoms with Crippen LogP contribution in [0.25, 0.3) is 22.3 Å². The average molecular weight is 907 g/mol. The molecule has 5 fully saturated rings. The number of nitrogens with zero attached hydrogens (tertiary/aromatic N) is 10. The molecule has 2 aromatic heterocycles. The molecule has 0 saturated carbocycles. The molecule has 5 amide bonds. The first-order chi connectivity index (χ1) is 32.7. The van der Waals surface area contributed by atoms with Gasteiger partial charge in [-0.1, -0.05) is 18.2 Å². The third-order valence-corrected chi connectivity index (χ3v) is 15.1. The summed E-state index contributed by atoms with van der Waals surface area (Å²) in [6.07, 6.45) is 8.04. The Kier molecular flexibility index (Phi) is 11.7. The summed E-state index contributed by atoms with van der Waals surface area (Å²) in [6.45, 7) is 9.03. The molecule has 5 saturated heterocycles. The van der Waals surface area contributed by atoms with E-state index in [9.17, 15) is 19.2 Å². The summed E-state index contributed by atoms with van der Waals surface area (Å²) in [4.78, 5) is 73.7. The largest absolute Gasteiger partial charge is 0.457 e. The van der Waals surface area contributed by atoms with Crippen molar-refractivity contribution in [3.8, 4) is 22.8 Å². The Balaban J connectivity index is 0.651. The van der Waals surface area contributed by atoms with Gasteiger partial charge in [0.05, 0.1) is 11.4 Å². The molecular formula is C50H58N12O5. The number of piperazine rings is 1. The summed E-state index contributed by atoms with van der Waals surface area (Å²) in [5.74, 6) is 1.12. The van der Waals surface area contributed by atoms with Crippen LogP contribution in [0.3, 0.4) is 0 Å². The number of hydrogen-bond donors (Lipinski definition) is 2. The van der Waals surface area contributed by atoms with E-state index < -0.39 is 6.04 Å². The number of fused-ring (bicyclic) bond motifs is 2. The molecule has 11 rings (SSSR count). The van der Waals surface area contributed by atoms with Crippen molar-refractivity contribution >= 4 is 46.3 Å². The van der Waals surface area contributed by atoms with E-state index in [1.807, 2.05) is 66.7 Å². The molecule has 3 aromatic carbocycles. The van der Waals surface area contributed by atoms with E-state index in [1.54, 1.807) is 4.90 Å². The van der Waals surface area contributed by atoms with Gasteiger partial charge in [0.15, 0.2) is 5.65 Å². The summed E-state index contributed by atoms with van der Waals surface area (Å²) in [5.41, 5.74) is 11.6. The number of carbonyl (C=O) groups is 4. The summed E-state index contributed by atoms with van der Waals surface area (Å²) in [5, 5.41) is 8.33. The van der Waals surface area contributed by atoms with Gasteiger partial charge in [0.2, 0.25) is 11.8 Å². The number of ether oxygens (including phenoxy) is 1. The van der Waals surface area contributed by atoms with Crippen LogP contribution in [-0.2, 0) is 16.1 Å². The first-order valence-electron chi connectivity index (χ1n) is 24.1. The highest BCUT2D eigenvalue weighted by Gasteiger charge is 2.40. The Morgan fingerprint density at radius 3 is 2.13 bits per heavy atom. The number of amides is 5. The summed E-state index contributed by atoms with van der Waals surface area (Å²) < 4.78 is 8.11. The lowest BCUT2D eigenvalue weighted by atomic mass is 9.98. The second kappa shape index (κ2) is 18.2. The number of nitrogen functional groups attached to an aromatic ring is 1. The van der Waals surface area contributed by atoms with Crippen molar-refractivity contribution in [2.75, 3.05) is 76.1 Å². The fourth-order valence-corrected chi connectivity index (χ4v) is 11.4. The van der Waals surface area contributed by atoms with Crippen LogP contribution in [0, 0.1) is 0 Å². The van der Waals surface area contributed by atoms with E-state index >= 15 is 0 Å². The van der Waals surface area contributed by atoms with Gasteiger partial charge in [-0.15, -0.1) is 0 Å². The average Bonchev–Trinajstić information content (AvgIpc) is 3.92. The number of nitrogens with two attached hydrogens (primary N) is 1. The lowest BCUT2D eigenvalue weighted by molar-refractivity contribution is -0.136. The van der Waals surface area contributed by atoms with Gasteiger partial charge in [-0.05, 0) is 112 Å². The van der Waals surface area contributed by atoms with E-state index in [2.05, 4.69) is 45.5 Å². The molecule has 17 nitrogen and oxygen atoms in total. The molecule has 0 spiro atoms. The van der Waals surface area contributed by atoms with E-state index in [-0.39, 0.29) is 36.2 Å². The lowest BCUT2D eigenvalue weighted by Crippen LogP contribution is -2.56. The number of benzene rings is 3. The summed E-state index contributed by atoms with van der Waals surface area (Å²) >= 11 is 0. The Bertz CT molecular complexity index is 2650. The Morgan fingerprint density at radius 2 is 1.42 bits per heavy atom. The first-order valence-corrected chi connectivity index (χ1v) is 24.1. The van der Waals surface area contributed by atoms with Crippen LogP contribution in [0.1, 0.15) is 73.3 Å². The predicted molar refractivity (Wildman–Crippen MR) is 252 cm³/mol. The minimum Gasteiger partial charge on any atom is -0.457 e. The molecular weight excluding hydrogens is 849 g/mol. The number of carbonyl (C=O) groups excluding carboxylic acids is 4. The topological polar surface area (TPSA) is 179 Å². The Morgan fingerprint density at radius 1 is 0.716 bits per heavy atom. The van der Waals surface area contributed by atoms with Crippen molar-refractivity contribution in [1.29, 1.82) is 0 Å². The smallest absolute Gasteiger partial charge is 0.320 e. The van der Waals surface area contributed by atoms with Crippen LogP contribution < -0.4 is 20.7 Å². The van der Waals surface area contributed by atoms with Gasteiger partial charge < -0.3 is 30.1 Å². The number of anilines is 2. The second-order valence-electron chi connectivity index (χ2n) is 19.0. The van der Waals surface area contributed by atoms with E-state index in [4.69, 9.17) is 20.6 Å². The maximum Gasteiger partial charge on any atom is 0.320 e. The number of imide groups is 1. The first kappa shape index (κ1) is 43.0. The van der Waals surface area contributed by atoms with Crippen LogP contribution in [0.15, 0.2) is 79.1 Å². The number of urea groups is 1. The number of rotatable bonds is 8. The number of piperidine rings is 4. The zero-order valence-corrected chi connectivity index (χ0v) is 37.8. The summed E-state index contributed by atoms with van der Waals surface area (Å²) in [6, 6.07) is 24.2. The third-order valence-electron chi connectivity index (χ3n) is 15.1. The lowest BCUT2D eigenvalue weighted by Gasteiger charge is -2.45. The maximum atomic E-state index is 13.9. The van der Waals surface area contributed by atoms with Crippen LogP contribution in [0.2, 0.25) is 0 Å². The maximum absolute atomic E-state index is 13.9. The SMILES string of the molecule is Nc1ncnc2c1c(-c1ccc(Oc3ccccc3)cc1)nn2[C@@H]1CCCN(C2CCN(C(=O)N3CCC(N4CCN(c5ccc6c(c5)CN(C5CCC(=O)NC5=O)C6=O)CC4)CC3)CC2)C1. The zero-order chi connectivity index (χ0) is 45.6. The summed E-state index contributed by atoms with van der Waals surface area (Å²) in [7, 11) is 0. The molecule has 0 aliphatic carbocycles. The van der Waals surface area contributed by atoms with Crippen molar-refractivity contribution in [3.63, 3.8) is 0 Å². The zero-order valence-electron chi connectivity index (χ0n) is 37.8. The molecule has 348 valence electrons. The Hall–Kier alpha value is -6.59. The predicted octanol–water partition coefficient (Wildman–Crippen LogP) is 5.14. The van der Waals surface area contributed by atoms with Crippen LogP contribution in [0.5, 0.6) is 11.5 Å². The highest BCUT2D eigenvalue weighted by atomic mass is 16.5. The van der Waals surface area contributed by atoms with Gasteiger partial charge >= 0.3 is 6.03 Å². The third kappa shape index (κ3) is 8.54. The number of hydrogen-bond acceptors (Lipinski definition) is 12. The minimum atomic E-state index is -0.611. The van der Waals surface area contributed by atoms with Crippen molar-refractivity contribution < 1.29 is 23.9 Å². The van der Waals surface area contributed by atoms with E-state index in [0.717, 1.165) is 149 Å². The standard InChI is InChI=1S/C50H58N12O5/c51-46-44-45(33-8-11-40(12-9-33)67-39-6-2-1-3-7-39)55-62(47(44)53-32-52-46)38-5-4-20-60(31-38)36-18-23-59(24-19-36)50(66)58-21-16-35(17-22-58)56-25-27-57(28-26-56)37-10-13-41-34(29-37)30-61(49(41)65)42-14-15-43(63)54-48(42)64/h1-3,6-13,29,32,35-36,38,42H,4-5,14-28,30-31H2,(H2,51,52,53)(H,54,63,64)/t38-,42?/m1/s1. The second-order valence-corrected chi connectivity index (χ2v) is 19.0. The van der Waals surface area contributed by atoms with Gasteiger partial charge in [0.25, 0.3) is 5.91 Å². The van der Waals surface area contributed by atoms with Crippen molar-refractivity contribution in [2.24, 2.45) is 0 Å².